The molecule has 40 nitrogen and oxygen atoms in total. The van der Waals surface area contributed by atoms with Crippen molar-refractivity contribution in [1.82, 2.24) is 79.8 Å². The van der Waals surface area contributed by atoms with Gasteiger partial charge in [0, 0.05) is 45.7 Å². The smallest absolute Gasteiger partial charge is 0.407 e. The summed E-state index contributed by atoms with van der Waals surface area (Å²) in [5.74, 6) is -11.3. The average molecular weight is 1800 g/mol. The number of hydrogen-bond donors (Lipinski definition) is 17. The highest BCUT2D eigenvalue weighted by Gasteiger charge is 2.40. The Hall–Kier alpha value is -9.60. The summed E-state index contributed by atoms with van der Waals surface area (Å²) in [6.45, 7) is 46.2. The normalized spacial score (nSPS) is 15.2. The number of carbonyl (C=O) groups excluding carboxylic acids is 15. The van der Waals surface area contributed by atoms with Crippen molar-refractivity contribution in [2.45, 2.75) is 396 Å². The Morgan fingerprint density at radius 3 is 0.865 bits per heavy atom. The third-order valence-electron chi connectivity index (χ3n) is 17.7. The van der Waals surface area contributed by atoms with Gasteiger partial charge in [0.05, 0.1) is 29.5 Å². The van der Waals surface area contributed by atoms with E-state index in [-0.39, 0.29) is 70.0 Å². The maximum atomic E-state index is 15.6. The molecule has 0 saturated carbocycles. The summed E-state index contributed by atoms with van der Waals surface area (Å²) in [5, 5.41) is 49.2. The molecule has 0 heterocycles. The van der Waals surface area contributed by atoms with E-state index in [1.165, 1.54) is 13.8 Å². The van der Waals surface area contributed by atoms with Crippen LogP contribution in [0.3, 0.4) is 0 Å². The molecule has 0 aliphatic carbocycles. The van der Waals surface area contributed by atoms with Crippen LogP contribution in [0.15, 0.2) is 0 Å². The van der Waals surface area contributed by atoms with Gasteiger partial charge in [0.1, 0.15) is 82.4 Å². The molecule has 0 rings (SSSR count). The molecule has 18 N–H and O–H groups in total. The number of carboxylic acids is 1. The van der Waals surface area contributed by atoms with E-state index in [1.807, 2.05) is 0 Å². The fourth-order valence-corrected chi connectivity index (χ4v) is 11.9. The zero-order valence-corrected chi connectivity index (χ0v) is 80.5. The minimum absolute atomic E-state index is 0.00259. The van der Waals surface area contributed by atoms with Crippen LogP contribution in [0.2, 0.25) is 0 Å². The number of nitrogens with one attached hydrogen (secondary N) is 15. The van der Waals surface area contributed by atoms with Crippen LogP contribution in [-0.4, -0.2) is 252 Å². The van der Waals surface area contributed by atoms with Gasteiger partial charge < -0.3 is 124 Å². The van der Waals surface area contributed by atoms with E-state index >= 15 is 24.0 Å². The van der Waals surface area contributed by atoms with Gasteiger partial charge in [-0.1, -0.05) is 60.8 Å². The summed E-state index contributed by atoms with van der Waals surface area (Å²) in [4.78, 5) is 225. The van der Waals surface area contributed by atoms with Crippen LogP contribution in [0.1, 0.15) is 284 Å². The average Bonchev–Trinajstić information content (AvgIpc) is 0.843. The molecular formula is C86H158N16O24. The number of amides is 15. The van der Waals surface area contributed by atoms with Gasteiger partial charge in [0.15, 0.2) is 0 Å². The quantitative estimate of drug-likeness (QED) is 0.0247. The molecule has 0 spiro atoms. The molecule has 0 aromatic carbocycles. The van der Waals surface area contributed by atoms with Crippen LogP contribution >= 0.6 is 0 Å². The maximum absolute atomic E-state index is 15.6. The molecule has 0 radical (unpaired) electrons. The molecule has 0 aliphatic rings. The monoisotopic (exact) mass is 1800 g/mol. The molecule has 13 atom stereocenters. The van der Waals surface area contributed by atoms with E-state index in [1.54, 1.807) is 173 Å². The number of carboxylic acid groups (broad SMARTS) is 1. The largest absolute Gasteiger partial charge is 0.480 e. The highest BCUT2D eigenvalue weighted by molar-refractivity contribution is 5.98. The number of alkyl carbamates (subject to hydrolysis) is 5. The molecule has 0 unspecified atom stereocenters. The molecule has 0 aromatic heterocycles. The molecule has 0 bridgehead atoms. The van der Waals surface area contributed by atoms with E-state index in [9.17, 15) is 57.8 Å². The first-order valence-electron chi connectivity index (χ1n) is 43.8. The van der Waals surface area contributed by atoms with Crippen molar-refractivity contribution in [3.05, 3.63) is 0 Å². The minimum atomic E-state index is -1.93. The zero-order valence-electron chi connectivity index (χ0n) is 80.5. The number of unbranched alkanes of at least 4 members (excludes halogenated alkanes) is 1. The minimum Gasteiger partial charge on any atom is -0.480 e. The Kier molecular flexibility index (Phi) is 50.4. The zero-order chi connectivity index (χ0) is 97.4. The molecule has 0 aliphatic heterocycles. The first kappa shape index (κ1) is 116. The molecule has 726 valence electrons. The van der Waals surface area contributed by atoms with Gasteiger partial charge in [0.2, 0.25) is 59.1 Å². The summed E-state index contributed by atoms with van der Waals surface area (Å²) in [6, 6.07) is -16.2. The lowest BCUT2D eigenvalue weighted by Crippen LogP contribution is -2.62. The van der Waals surface area contributed by atoms with Crippen molar-refractivity contribution in [2.24, 2.45) is 23.5 Å². The number of hydrogen-bond acceptors (Lipinski definition) is 24. The highest BCUT2D eigenvalue weighted by atomic mass is 16.6. The van der Waals surface area contributed by atoms with Crippen molar-refractivity contribution in [2.75, 3.05) is 39.3 Å². The van der Waals surface area contributed by atoms with Gasteiger partial charge in [-0.25, -0.2) is 28.8 Å². The summed E-state index contributed by atoms with van der Waals surface area (Å²) in [6.07, 6.45) is -6.36. The van der Waals surface area contributed by atoms with E-state index in [0.29, 0.717) is 18.8 Å². The lowest BCUT2D eigenvalue weighted by atomic mass is 10.00. The van der Waals surface area contributed by atoms with Gasteiger partial charge >= 0.3 is 36.4 Å². The second-order valence-corrected chi connectivity index (χ2v) is 39.5. The number of ether oxygens (including phenoxy) is 7. The van der Waals surface area contributed by atoms with Crippen molar-refractivity contribution in [3.63, 3.8) is 0 Å². The molecule has 40 heteroatoms. The SMILES string of the molecule is CC[C@H](C)CCCCC(=O)N[C@@H](CCNC(=O)OC(C)(C)C)C(=O)N[C@H](C(=O)N[C@@H](CCNC(=O)OC(C)(C)C)C(=O)N[C@@H](CCNC(=O)[C@@H](NC(=O)[C@H](CCNC(=O)OC(C)(C)C)NC(=O)[C@@H](N)CCNC(=O)OC(C)(C)C)[C@@H](C)OC(C)(C)C)C(=O)N[C@@H](CCNC(=O)OC(C)(C)C)C(=O)N[C@H](CC(C)C)C(=O)N[C@@H](CC(C)C)C(=O)O)[C@@H](C)OC(C)(C)C. The lowest BCUT2D eigenvalue weighted by molar-refractivity contribution is -0.143. The van der Waals surface area contributed by atoms with Crippen LogP contribution in [0.4, 0.5) is 24.0 Å². The summed E-state index contributed by atoms with van der Waals surface area (Å²) >= 11 is 0. The Labute approximate surface area is 746 Å². The molecule has 0 aromatic rings. The van der Waals surface area contributed by atoms with Gasteiger partial charge in [-0.2, -0.15) is 0 Å². The first-order valence-corrected chi connectivity index (χ1v) is 43.8. The van der Waals surface area contributed by atoms with Crippen molar-refractivity contribution < 1.29 is 115 Å². The van der Waals surface area contributed by atoms with Crippen LogP contribution in [0.25, 0.3) is 0 Å². The van der Waals surface area contributed by atoms with Crippen molar-refractivity contribution >= 4 is 95.5 Å². The Morgan fingerprint density at radius 1 is 0.294 bits per heavy atom. The number of nitrogens with two attached hydrogens (primary N) is 1. The fraction of sp³-hybridized carbons (Fsp3) is 0.814. The van der Waals surface area contributed by atoms with Crippen LogP contribution in [0, 0.1) is 17.8 Å². The predicted octanol–water partition coefficient (Wildman–Crippen LogP) is 5.95. The molecule has 126 heavy (non-hydrogen) atoms. The fourth-order valence-electron chi connectivity index (χ4n) is 11.9. The standard InChI is InChI=1S/C86H158N16O24/c1-30-51(6)33-31-32-34-62(103)94-55(37-43-90-76(116)123-83(18,19)20)69(108)102-64(53(8)121-81(12,13)14)73(112)98-58(39-45-92-78(118)125-85(24,25)26)67(106)96-56(66(105)97-57(38-44-91-77(117)124-84(21,22)23)68(107)99-60(47-49(2)3)71(110)100-61(74(113)114)48-50(4)5)36-42-88-72(111)63(52(7)120-80(9,10)11)101-70(109)59(40-46-93-79(119)126-86(27,28)29)95-65(104)54(87)35-41-89-75(115)122-82(15,16)17/h49-61,63-64H,30-48,87H2,1-29H3,(H,88,111)(H,89,115)(H,90,116)(H,91,117)(H,92,118)(H,93,119)(H,94,103)(H,95,104)(H,96,106)(H,97,105)(H,98,112)(H,99,107)(H,100,110)(H,101,109)(H,102,108)(H,113,114)/t51-,52+,53+,54-,55-,56-,57-,58-,59-,60+,61-,63-,64-/m0/s1. The Morgan fingerprint density at radius 2 is 0.556 bits per heavy atom. The lowest BCUT2D eigenvalue weighted by Gasteiger charge is -2.33. The second kappa shape index (κ2) is 54.5. The summed E-state index contributed by atoms with van der Waals surface area (Å²) in [7, 11) is 0. The summed E-state index contributed by atoms with van der Waals surface area (Å²) in [5.41, 5.74) is -0.514. The van der Waals surface area contributed by atoms with Gasteiger partial charge in [-0.3, -0.25) is 47.9 Å². The topological polar surface area (TPSA) is 564 Å². The van der Waals surface area contributed by atoms with Crippen LogP contribution in [0.5, 0.6) is 0 Å². The predicted molar refractivity (Wildman–Crippen MR) is 472 cm³/mol. The molecule has 0 fully saturated rings. The van der Waals surface area contributed by atoms with Crippen LogP contribution in [-0.2, 0) is 85.9 Å². The van der Waals surface area contributed by atoms with Gasteiger partial charge in [0.25, 0.3) is 0 Å². The number of aliphatic carboxylic acids is 1. The third kappa shape index (κ3) is 55.8. The van der Waals surface area contributed by atoms with E-state index in [2.05, 4.69) is 93.6 Å². The van der Waals surface area contributed by atoms with Crippen molar-refractivity contribution in [3.8, 4) is 0 Å². The Bertz CT molecular complexity index is 3520. The second-order valence-electron chi connectivity index (χ2n) is 39.5. The maximum Gasteiger partial charge on any atom is 0.407 e. The highest BCUT2D eigenvalue weighted by Crippen LogP contribution is 2.20. The number of carbonyl (C=O) groups is 16. The van der Waals surface area contributed by atoms with Crippen LogP contribution < -0.4 is 85.5 Å². The number of rotatable bonds is 51. The third-order valence-corrected chi connectivity index (χ3v) is 17.7. The van der Waals surface area contributed by atoms with Gasteiger partial charge in [-0.15, -0.1) is 0 Å². The van der Waals surface area contributed by atoms with E-state index in [0.717, 1.165) is 12.8 Å². The van der Waals surface area contributed by atoms with Crippen molar-refractivity contribution in [1.29, 1.82) is 0 Å². The molecule has 15 amide bonds. The van der Waals surface area contributed by atoms with E-state index in [4.69, 9.17) is 38.9 Å². The first-order chi connectivity index (χ1) is 57.6. The molecule has 0 saturated heterocycles. The van der Waals surface area contributed by atoms with Gasteiger partial charge in [-0.05, 0) is 235 Å². The molecular weight excluding hydrogens is 1640 g/mol. The summed E-state index contributed by atoms with van der Waals surface area (Å²) < 4.78 is 39.5. The Balaban J connectivity index is 8.90. The van der Waals surface area contributed by atoms with E-state index < -0.39 is 246 Å².